The number of rotatable bonds is 4. The third-order valence-electron chi connectivity index (χ3n) is 4.68. The van der Waals surface area contributed by atoms with Crippen molar-refractivity contribution in [3.63, 3.8) is 0 Å². The second-order valence-electron chi connectivity index (χ2n) is 6.65. The molecule has 2 aliphatic rings. The van der Waals surface area contributed by atoms with E-state index < -0.39 is 5.97 Å². The van der Waals surface area contributed by atoms with Crippen LogP contribution in [-0.2, 0) is 9.53 Å². The fraction of sp³-hybridized carbons (Fsp3) is 0.421. The summed E-state index contributed by atoms with van der Waals surface area (Å²) in [5.74, 6) is 0.884. The Morgan fingerprint density at radius 2 is 1.96 bits per heavy atom. The van der Waals surface area contributed by atoms with E-state index >= 15 is 0 Å². The number of oxazole rings is 1. The Labute approximate surface area is 145 Å². The normalized spacial score (nSPS) is 19.9. The van der Waals surface area contributed by atoms with Gasteiger partial charge in [0.2, 0.25) is 11.8 Å². The van der Waals surface area contributed by atoms with Crippen LogP contribution in [0.4, 0.5) is 0 Å². The minimum atomic E-state index is -0.455. The minimum Gasteiger partial charge on any atom is -0.456 e. The summed E-state index contributed by atoms with van der Waals surface area (Å²) in [5, 5.41) is 0. The molecule has 2 heterocycles. The van der Waals surface area contributed by atoms with Gasteiger partial charge in [-0.25, -0.2) is 9.78 Å². The number of ether oxygens (including phenoxy) is 1. The molecule has 6 nitrogen and oxygen atoms in total. The van der Waals surface area contributed by atoms with Crippen LogP contribution < -0.4 is 0 Å². The van der Waals surface area contributed by atoms with E-state index in [2.05, 4.69) is 4.98 Å². The molecule has 2 fully saturated rings. The first-order valence-corrected chi connectivity index (χ1v) is 8.64. The van der Waals surface area contributed by atoms with E-state index in [1.807, 2.05) is 30.3 Å². The van der Waals surface area contributed by atoms with Crippen LogP contribution >= 0.6 is 0 Å². The van der Waals surface area contributed by atoms with Gasteiger partial charge in [-0.2, -0.15) is 0 Å². The largest absolute Gasteiger partial charge is 0.456 e. The zero-order valence-corrected chi connectivity index (χ0v) is 14.1. The second kappa shape index (κ2) is 6.35. The van der Waals surface area contributed by atoms with Crippen molar-refractivity contribution in [2.45, 2.75) is 38.2 Å². The van der Waals surface area contributed by atoms with E-state index in [-0.39, 0.29) is 23.6 Å². The SMILES string of the molecule is CC(=O)N1CC[C@H](OC(=O)c2nc(-c3ccccc3)oc2C2CC2)C1. The lowest BCUT2D eigenvalue weighted by molar-refractivity contribution is -0.128. The summed E-state index contributed by atoms with van der Waals surface area (Å²) in [6, 6.07) is 9.54. The smallest absolute Gasteiger partial charge is 0.360 e. The summed E-state index contributed by atoms with van der Waals surface area (Å²) in [6.07, 6.45) is 2.39. The summed E-state index contributed by atoms with van der Waals surface area (Å²) >= 11 is 0. The fourth-order valence-electron chi connectivity index (χ4n) is 3.12. The Morgan fingerprint density at radius 3 is 2.60 bits per heavy atom. The van der Waals surface area contributed by atoms with Gasteiger partial charge in [-0.15, -0.1) is 0 Å². The summed E-state index contributed by atoms with van der Waals surface area (Å²) in [5.41, 5.74) is 1.12. The van der Waals surface area contributed by atoms with Crippen LogP contribution in [0, 0.1) is 0 Å². The van der Waals surface area contributed by atoms with E-state index in [9.17, 15) is 9.59 Å². The Morgan fingerprint density at radius 1 is 1.20 bits per heavy atom. The number of nitrogens with zero attached hydrogens (tertiary/aromatic N) is 2. The first kappa shape index (κ1) is 15.9. The van der Waals surface area contributed by atoms with Gasteiger partial charge in [-0.1, -0.05) is 18.2 Å². The number of esters is 1. The molecule has 4 rings (SSSR count). The molecule has 1 atom stereocenters. The Balaban J connectivity index is 1.54. The highest BCUT2D eigenvalue weighted by Crippen LogP contribution is 2.43. The molecule has 1 aliphatic carbocycles. The van der Waals surface area contributed by atoms with E-state index in [4.69, 9.17) is 9.15 Å². The molecule has 6 heteroatoms. The standard InChI is InChI=1S/C19H20N2O4/c1-12(22)21-10-9-15(11-21)24-19(23)16-17(13-7-8-13)25-18(20-16)14-5-3-2-4-6-14/h2-6,13,15H,7-11H2,1H3/t15-/m0/s1. The number of aromatic nitrogens is 1. The topological polar surface area (TPSA) is 72.6 Å². The van der Waals surface area contributed by atoms with Gasteiger partial charge in [0.15, 0.2) is 5.69 Å². The molecule has 2 aromatic rings. The average molecular weight is 340 g/mol. The molecule has 0 spiro atoms. The van der Waals surface area contributed by atoms with Gasteiger partial charge in [-0.3, -0.25) is 4.79 Å². The second-order valence-corrected chi connectivity index (χ2v) is 6.65. The predicted molar refractivity (Wildman–Crippen MR) is 90.0 cm³/mol. The highest BCUT2D eigenvalue weighted by atomic mass is 16.5. The lowest BCUT2D eigenvalue weighted by atomic mass is 10.2. The molecular weight excluding hydrogens is 320 g/mol. The Hall–Kier alpha value is -2.63. The van der Waals surface area contributed by atoms with E-state index in [1.165, 1.54) is 6.92 Å². The highest BCUT2D eigenvalue weighted by molar-refractivity contribution is 5.89. The number of hydrogen-bond acceptors (Lipinski definition) is 5. The summed E-state index contributed by atoms with van der Waals surface area (Å²) in [7, 11) is 0. The molecule has 1 aromatic carbocycles. The zero-order valence-electron chi connectivity index (χ0n) is 14.1. The monoisotopic (exact) mass is 340 g/mol. The van der Waals surface area contributed by atoms with E-state index in [0.717, 1.165) is 18.4 Å². The third kappa shape index (κ3) is 3.29. The molecular formula is C19H20N2O4. The van der Waals surface area contributed by atoms with Crippen molar-refractivity contribution in [3.05, 3.63) is 41.8 Å². The van der Waals surface area contributed by atoms with Crippen LogP contribution in [0.5, 0.6) is 0 Å². The first-order valence-electron chi connectivity index (χ1n) is 8.64. The van der Waals surface area contributed by atoms with Crippen molar-refractivity contribution in [1.29, 1.82) is 0 Å². The number of carbonyl (C=O) groups excluding carboxylic acids is 2. The lowest BCUT2D eigenvalue weighted by Gasteiger charge is -2.14. The van der Waals surface area contributed by atoms with Gasteiger partial charge < -0.3 is 14.1 Å². The van der Waals surface area contributed by atoms with Gasteiger partial charge >= 0.3 is 5.97 Å². The number of amides is 1. The van der Waals surface area contributed by atoms with Crippen molar-refractivity contribution >= 4 is 11.9 Å². The average Bonchev–Trinajstić information content (AvgIpc) is 3.18. The van der Waals surface area contributed by atoms with Crippen LogP contribution in [0.15, 0.2) is 34.7 Å². The van der Waals surface area contributed by atoms with Crippen molar-refractivity contribution in [2.24, 2.45) is 0 Å². The number of likely N-dealkylation sites (tertiary alicyclic amines) is 1. The van der Waals surface area contributed by atoms with Crippen LogP contribution in [0.25, 0.3) is 11.5 Å². The third-order valence-corrected chi connectivity index (χ3v) is 4.68. The first-order chi connectivity index (χ1) is 12.1. The number of benzene rings is 1. The molecule has 1 aliphatic heterocycles. The van der Waals surface area contributed by atoms with Crippen molar-refractivity contribution in [1.82, 2.24) is 9.88 Å². The zero-order chi connectivity index (χ0) is 17.4. The van der Waals surface area contributed by atoms with E-state index in [0.29, 0.717) is 31.2 Å². The molecule has 0 N–H and O–H groups in total. The van der Waals surface area contributed by atoms with E-state index in [1.54, 1.807) is 4.90 Å². The maximum absolute atomic E-state index is 12.6. The molecule has 1 aromatic heterocycles. The maximum Gasteiger partial charge on any atom is 0.360 e. The minimum absolute atomic E-state index is 0.00465. The summed E-state index contributed by atoms with van der Waals surface area (Å²) < 4.78 is 11.5. The number of hydrogen-bond donors (Lipinski definition) is 0. The van der Waals surface area contributed by atoms with Gasteiger partial charge in [0.1, 0.15) is 11.9 Å². The molecule has 130 valence electrons. The van der Waals surface area contributed by atoms with Crippen LogP contribution in [0.3, 0.4) is 0 Å². The Bertz CT molecular complexity index is 795. The van der Waals surface area contributed by atoms with Gasteiger partial charge in [0.05, 0.1) is 6.54 Å². The summed E-state index contributed by atoms with van der Waals surface area (Å²) in [4.78, 5) is 30.2. The van der Waals surface area contributed by atoms with Gasteiger partial charge in [0, 0.05) is 31.4 Å². The van der Waals surface area contributed by atoms with Gasteiger partial charge in [0.25, 0.3) is 0 Å². The molecule has 0 radical (unpaired) electrons. The van der Waals surface area contributed by atoms with Crippen LogP contribution in [-0.4, -0.2) is 41.0 Å². The van der Waals surface area contributed by atoms with Crippen molar-refractivity contribution in [2.75, 3.05) is 13.1 Å². The van der Waals surface area contributed by atoms with Crippen LogP contribution in [0.2, 0.25) is 0 Å². The summed E-state index contributed by atoms with van der Waals surface area (Å²) in [6.45, 7) is 2.60. The molecule has 1 saturated heterocycles. The predicted octanol–water partition coefficient (Wildman–Crippen LogP) is 3.00. The quantitative estimate of drug-likeness (QED) is 0.800. The van der Waals surface area contributed by atoms with Crippen molar-refractivity contribution < 1.29 is 18.7 Å². The molecule has 1 saturated carbocycles. The lowest BCUT2D eigenvalue weighted by Crippen LogP contribution is -2.28. The Kier molecular flexibility index (Phi) is 4.03. The molecule has 25 heavy (non-hydrogen) atoms. The maximum atomic E-state index is 12.6. The fourth-order valence-corrected chi connectivity index (χ4v) is 3.12. The molecule has 0 bridgehead atoms. The van der Waals surface area contributed by atoms with Crippen molar-refractivity contribution in [3.8, 4) is 11.5 Å². The highest BCUT2D eigenvalue weighted by Gasteiger charge is 2.36. The molecule has 1 amide bonds. The van der Waals surface area contributed by atoms with Crippen LogP contribution in [0.1, 0.15) is 48.4 Å². The van der Waals surface area contributed by atoms with Gasteiger partial charge in [-0.05, 0) is 25.0 Å². The number of carbonyl (C=O) groups is 2. The molecule has 0 unspecified atom stereocenters.